The van der Waals surface area contributed by atoms with Gasteiger partial charge in [0.15, 0.2) is 0 Å². The molecule has 1 heterocycles. The van der Waals surface area contributed by atoms with Gasteiger partial charge in [0.05, 0.1) is 16.9 Å². The summed E-state index contributed by atoms with van der Waals surface area (Å²) in [6, 6.07) is 17.4. The smallest absolute Gasteiger partial charge is 0.0546 e. The second kappa shape index (κ2) is 8.04. The number of nitrogens with zero attached hydrogens (tertiary/aromatic N) is 1. The van der Waals surface area contributed by atoms with E-state index in [-0.39, 0.29) is 0 Å². The summed E-state index contributed by atoms with van der Waals surface area (Å²) >= 11 is 0. The van der Waals surface area contributed by atoms with Crippen LogP contribution in [0.25, 0.3) is 51.7 Å². The first-order valence-electron chi connectivity index (χ1n) is 10.4. The lowest BCUT2D eigenvalue weighted by molar-refractivity contribution is 1.10. The molecule has 0 unspecified atom stereocenters. The Morgan fingerprint density at radius 1 is 0.767 bits per heavy atom. The molecule has 0 amide bonds. The average Bonchev–Trinajstić information content (AvgIpc) is 3.05. The lowest BCUT2D eigenvalue weighted by Gasteiger charge is -2.17. The first-order valence-corrected chi connectivity index (χ1v) is 10.4. The number of aromatic nitrogens is 1. The molecule has 148 valence electrons. The van der Waals surface area contributed by atoms with E-state index in [0.717, 1.165) is 22.5 Å². The Morgan fingerprint density at radius 3 is 2.20 bits per heavy atom. The summed E-state index contributed by atoms with van der Waals surface area (Å²) in [6.07, 6.45) is 12.5. The predicted molar refractivity (Wildman–Crippen MR) is 135 cm³/mol. The van der Waals surface area contributed by atoms with Crippen LogP contribution in [0, 0.1) is 6.92 Å². The molecule has 0 spiro atoms. The number of hydrogen-bond donors (Lipinski definition) is 0. The second-order valence-electron chi connectivity index (χ2n) is 7.51. The predicted octanol–water partition coefficient (Wildman–Crippen LogP) is 8.44. The molecule has 0 bridgehead atoms. The van der Waals surface area contributed by atoms with Crippen molar-refractivity contribution < 1.29 is 0 Å². The lowest BCUT2D eigenvalue weighted by atomic mass is 9.96. The number of allylic oxidation sites excluding steroid dienone is 2. The minimum atomic E-state index is 1.14. The molecule has 0 aliphatic heterocycles. The largest absolute Gasteiger partial charge is 0.309 e. The third-order valence-corrected chi connectivity index (χ3v) is 5.62. The Labute approximate surface area is 179 Å². The highest BCUT2D eigenvalue weighted by Gasteiger charge is 2.19. The maximum atomic E-state index is 4.14. The normalized spacial score (nSPS) is 11.8. The van der Waals surface area contributed by atoms with Gasteiger partial charge in [-0.15, -0.1) is 0 Å². The maximum Gasteiger partial charge on any atom is 0.0546 e. The Kier molecular flexibility index (Phi) is 5.29. The van der Waals surface area contributed by atoms with Crippen LogP contribution in [0.4, 0.5) is 0 Å². The van der Waals surface area contributed by atoms with Gasteiger partial charge in [0.2, 0.25) is 0 Å². The Bertz CT molecular complexity index is 1340. The van der Waals surface area contributed by atoms with E-state index in [4.69, 9.17) is 0 Å². The van der Waals surface area contributed by atoms with E-state index in [1.54, 1.807) is 0 Å². The summed E-state index contributed by atoms with van der Waals surface area (Å²) in [6.45, 7) is 14.5. The third kappa shape index (κ3) is 3.04. The molecular weight excluding hydrogens is 362 g/mol. The fourth-order valence-corrected chi connectivity index (χ4v) is 4.37. The van der Waals surface area contributed by atoms with Crippen LogP contribution in [0.5, 0.6) is 0 Å². The molecule has 0 aliphatic carbocycles. The minimum Gasteiger partial charge on any atom is -0.309 e. The molecule has 0 N–H and O–H groups in total. The molecule has 30 heavy (non-hydrogen) atoms. The zero-order chi connectivity index (χ0) is 21.3. The van der Waals surface area contributed by atoms with Crippen LogP contribution >= 0.6 is 0 Å². The Morgan fingerprint density at radius 2 is 1.50 bits per heavy atom. The van der Waals surface area contributed by atoms with Gasteiger partial charge in [-0.3, -0.25) is 0 Å². The van der Waals surface area contributed by atoms with Gasteiger partial charge < -0.3 is 4.57 Å². The van der Waals surface area contributed by atoms with Crippen molar-refractivity contribution in [2.24, 2.45) is 0 Å². The summed E-state index contributed by atoms with van der Waals surface area (Å²) in [5, 5.41) is 3.64. The first-order chi connectivity index (χ1) is 14.6. The zero-order valence-electron chi connectivity index (χ0n) is 17.9. The third-order valence-electron chi connectivity index (χ3n) is 5.62. The molecule has 1 heteroatoms. The molecule has 0 atom stereocenters. The molecule has 0 saturated carbocycles. The SMILES string of the molecule is C=Cc1c(/C=C\C)c(-n2c(/C=C\C)c(C=C)c3cc(C)ccc32)cc2ccccc12. The van der Waals surface area contributed by atoms with E-state index in [0.29, 0.717) is 0 Å². The number of benzene rings is 3. The highest BCUT2D eigenvalue weighted by molar-refractivity contribution is 6.00. The van der Waals surface area contributed by atoms with Gasteiger partial charge in [-0.05, 0) is 61.4 Å². The number of rotatable bonds is 5. The fraction of sp³-hybridized carbons (Fsp3) is 0.103. The summed E-state index contributed by atoms with van der Waals surface area (Å²) in [7, 11) is 0. The van der Waals surface area contributed by atoms with Crippen LogP contribution in [0.15, 0.2) is 73.8 Å². The van der Waals surface area contributed by atoms with Crippen molar-refractivity contribution in [3.8, 4) is 5.69 Å². The van der Waals surface area contributed by atoms with E-state index < -0.39 is 0 Å². The van der Waals surface area contributed by atoms with Crippen LogP contribution in [-0.2, 0) is 0 Å². The van der Waals surface area contributed by atoms with Gasteiger partial charge in [0, 0.05) is 16.5 Å². The fourth-order valence-electron chi connectivity index (χ4n) is 4.37. The molecular formula is C29H27N. The molecule has 0 radical (unpaired) electrons. The van der Waals surface area contributed by atoms with E-state index in [2.05, 4.69) is 111 Å². The Hall–Kier alpha value is -3.58. The summed E-state index contributed by atoms with van der Waals surface area (Å²) < 4.78 is 2.36. The minimum absolute atomic E-state index is 1.14. The van der Waals surface area contributed by atoms with Crippen molar-refractivity contribution in [1.29, 1.82) is 0 Å². The van der Waals surface area contributed by atoms with Crippen molar-refractivity contribution in [2.45, 2.75) is 20.8 Å². The van der Waals surface area contributed by atoms with E-state index >= 15 is 0 Å². The van der Waals surface area contributed by atoms with E-state index in [9.17, 15) is 0 Å². The molecule has 1 nitrogen and oxygen atoms in total. The molecule has 0 aliphatic rings. The van der Waals surface area contributed by atoms with Crippen LogP contribution in [0.3, 0.4) is 0 Å². The number of aryl methyl sites for hydroxylation is 1. The molecule has 4 rings (SSSR count). The van der Waals surface area contributed by atoms with Crippen molar-refractivity contribution >= 4 is 46.0 Å². The van der Waals surface area contributed by atoms with Crippen molar-refractivity contribution in [2.75, 3.05) is 0 Å². The topological polar surface area (TPSA) is 4.93 Å². The summed E-state index contributed by atoms with van der Waals surface area (Å²) in [5.41, 5.74) is 8.20. The van der Waals surface area contributed by atoms with Crippen LogP contribution in [0.2, 0.25) is 0 Å². The van der Waals surface area contributed by atoms with Crippen LogP contribution in [0.1, 0.15) is 41.8 Å². The standard InChI is InChI=1S/C29H27N/c1-6-12-25-22(8-3)24-15-11-10-14-21(24)19-29(25)30-27(13-7-2)23(9-4)26-18-20(5)16-17-28(26)30/h6-19H,3-4H2,1-2,5H3/b12-6-,13-7-. The van der Waals surface area contributed by atoms with Gasteiger partial charge in [0.1, 0.15) is 0 Å². The Balaban J connectivity index is 2.26. The quantitative estimate of drug-likeness (QED) is 0.323. The van der Waals surface area contributed by atoms with Crippen molar-refractivity contribution in [3.63, 3.8) is 0 Å². The van der Waals surface area contributed by atoms with Gasteiger partial charge in [-0.2, -0.15) is 0 Å². The molecule has 0 fully saturated rings. The number of fused-ring (bicyclic) bond motifs is 2. The highest BCUT2D eigenvalue weighted by atomic mass is 15.0. The first kappa shape index (κ1) is 19.7. The molecule has 0 saturated heterocycles. The van der Waals surface area contributed by atoms with Gasteiger partial charge in [0.25, 0.3) is 0 Å². The molecule has 3 aromatic carbocycles. The molecule has 4 aromatic rings. The monoisotopic (exact) mass is 389 g/mol. The summed E-state index contributed by atoms with van der Waals surface area (Å²) in [5.74, 6) is 0. The second-order valence-corrected chi connectivity index (χ2v) is 7.51. The lowest BCUT2D eigenvalue weighted by Crippen LogP contribution is -2.02. The van der Waals surface area contributed by atoms with Crippen molar-refractivity contribution in [1.82, 2.24) is 4.57 Å². The van der Waals surface area contributed by atoms with E-state index in [1.165, 1.54) is 32.8 Å². The van der Waals surface area contributed by atoms with Crippen LogP contribution in [-0.4, -0.2) is 4.57 Å². The van der Waals surface area contributed by atoms with Crippen molar-refractivity contribution in [3.05, 3.63) is 102 Å². The van der Waals surface area contributed by atoms with E-state index in [1.807, 2.05) is 12.2 Å². The molecule has 1 aromatic heterocycles. The van der Waals surface area contributed by atoms with Gasteiger partial charge in [-0.1, -0.05) is 79.4 Å². The maximum absolute atomic E-state index is 4.14. The van der Waals surface area contributed by atoms with Crippen LogP contribution < -0.4 is 0 Å². The zero-order valence-corrected chi connectivity index (χ0v) is 17.9. The average molecular weight is 390 g/mol. The highest BCUT2D eigenvalue weighted by Crippen LogP contribution is 2.37. The summed E-state index contributed by atoms with van der Waals surface area (Å²) in [4.78, 5) is 0. The number of hydrogen-bond acceptors (Lipinski definition) is 0. The van der Waals surface area contributed by atoms with Gasteiger partial charge in [-0.25, -0.2) is 0 Å². The van der Waals surface area contributed by atoms with Gasteiger partial charge >= 0.3 is 0 Å².